The summed E-state index contributed by atoms with van der Waals surface area (Å²) in [5.74, 6) is 0. The van der Waals surface area contributed by atoms with Gasteiger partial charge in [0, 0.05) is 21.1 Å². The Morgan fingerprint density at radius 3 is 0.471 bits per heavy atom. The molecule has 0 saturated carbocycles. The zero-order valence-electron chi connectivity index (χ0n) is 7.24. The van der Waals surface area contributed by atoms with Gasteiger partial charge in [-0.2, -0.15) is 9.90 Å². The van der Waals surface area contributed by atoms with Crippen LogP contribution in [0.2, 0.25) is 0 Å². The molecule has 0 aliphatic rings. The fourth-order valence-electron chi connectivity index (χ4n) is 0. The van der Waals surface area contributed by atoms with Crippen LogP contribution < -0.4 is 22.6 Å². The van der Waals surface area contributed by atoms with Crippen molar-refractivity contribution in [2.45, 2.75) is 0 Å². The van der Waals surface area contributed by atoms with Crippen molar-refractivity contribution in [2.24, 2.45) is 0 Å². The molecular weight excluding hydrogens is 870 g/mol. The Bertz CT molecular complexity index is 343. The van der Waals surface area contributed by atoms with Crippen molar-refractivity contribution < 1.29 is 114 Å². The van der Waals surface area contributed by atoms with E-state index in [1.165, 1.54) is 0 Å². The minimum atomic E-state index is -6.17. The summed E-state index contributed by atoms with van der Waals surface area (Å²) in [5, 5.41) is 0. The molecule has 0 aromatic carbocycles. The molecule has 0 saturated heterocycles. The van der Waals surface area contributed by atoms with Crippen molar-refractivity contribution in [1.82, 2.24) is 0 Å². The summed E-state index contributed by atoms with van der Waals surface area (Å²) >= 11 is -18.5. The van der Waals surface area contributed by atoms with Gasteiger partial charge >= 0.3 is 93.2 Å². The standard InChI is InChI=1S/Mo.12O.H3P.3W/h;;;;;;;;;;;;;1H3;;;/q;;;;;;;6*-1;;;;. The quantitative estimate of drug-likeness (QED) is 0.163. The van der Waals surface area contributed by atoms with Crippen LogP contribution in [0.1, 0.15) is 0 Å². The van der Waals surface area contributed by atoms with Crippen LogP contribution in [0.15, 0.2) is 0 Å². The first-order chi connectivity index (χ1) is 6.00. The Hall–Kier alpha value is 1.74. The summed E-state index contributed by atoms with van der Waals surface area (Å²) < 4.78 is 104. The van der Waals surface area contributed by atoms with Gasteiger partial charge in [0.2, 0.25) is 0 Å². The molecule has 110 valence electrons. The Morgan fingerprint density at radius 1 is 0.471 bits per heavy atom. The van der Waals surface area contributed by atoms with Gasteiger partial charge in [-0.25, -0.2) is 0 Å². The minimum absolute atomic E-state index is 0. The Kier molecular flexibility index (Phi) is 23.5. The second-order valence-corrected chi connectivity index (χ2v) is 10.0. The van der Waals surface area contributed by atoms with Gasteiger partial charge in [0.05, 0.1) is 0 Å². The summed E-state index contributed by atoms with van der Waals surface area (Å²) in [5.41, 5.74) is 0. The van der Waals surface area contributed by atoms with Gasteiger partial charge in [-0.05, 0) is 0 Å². The van der Waals surface area contributed by atoms with E-state index in [0.717, 1.165) is 0 Å². The molecule has 1 unspecified atom stereocenters. The van der Waals surface area contributed by atoms with Crippen LogP contribution in [-0.2, 0) is 91.7 Å². The first-order valence-electron chi connectivity index (χ1n) is 2.00. The Morgan fingerprint density at radius 2 is 0.471 bits per heavy atom. The molecule has 0 aromatic rings. The average Bonchev–Trinajstić information content (AvgIpc) is 1.41. The van der Waals surface area contributed by atoms with E-state index in [9.17, 15) is 0 Å². The third kappa shape index (κ3) is 1450. The summed E-state index contributed by atoms with van der Waals surface area (Å²) in [6, 6.07) is 0. The van der Waals surface area contributed by atoms with Crippen LogP contribution >= 0.6 is 9.90 Å². The van der Waals surface area contributed by atoms with Gasteiger partial charge in [0.15, 0.2) is 0 Å². The summed E-state index contributed by atoms with van der Waals surface area (Å²) in [6.07, 6.45) is 0. The van der Waals surface area contributed by atoms with Gasteiger partial charge in [0.25, 0.3) is 0 Å². The third-order valence-corrected chi connectivity index (χ3v) is 0. The Labute approximate surface area is 123 Å². The van der Waals surface area contributed by atoms with Crippen LogP contribution in [0.5, 0.6) is 0 Å². The number of hydrogen-bond donors (Lipinski definition) is 0. The van der Waals surface area contributed by atoms with E-state index in [2.05, 4.69) is 0 Å². The molecule has 1 atom stereocenters. The fourth-order valence-corrected chi connectivity index (χ4v) is 0. The predicted octanol–water partition coefficient (Wildman–Crippen LogP) is -7.80. The molecule has 0 N–H and O–H groups in total. The molecule has 0 fully saturated rings. The van der Waals surface area contributed by atoms with Crippen LogP contribution in [0.25, 0.3) is 0 Å². The van der Waals surface area contributed by atoms with Crippen molar-refractivity contribution in [1.29, 1.82) is 0 Å². The zero-order valence-corrected chi connectivity index (χ0v) is 19.5. The topological polar surface area (TPSA) is 241 Å². The zero-order chi connectivity index (χ0) is 13.5. The molecular formula is H3MoO12PW3-6. The van der Waals surface area contributed by atoms with E-state index in [0.29, 0.717) is 0 Å². The van der Waals surface area contributed by atoms with E-state index in [4.69, 9.17) is 42.9 Å². The predicted molar refractivity (Wildman–Crippen MR) is 15.2 cm³/mol. The molecule has 0 heterocycles. The van der Waals surface area contributed by atoms with Crippen molar-refractivity contribution in [3.63, 3.8) is 0 Å². The van der Waals surface area contributed by atoms with E-state index < -0.39 is 50.2 Å². The molecule has 0 amide bonds. The first kappa shape index (κ1) is 31.2. The van der Waals surface area contributed by atoms with Crippen LogP contribution in [-0.4, -0.2) is 0 Å². The first-order valence-corrected chi connectivity index (χ1v) is 16.4. The molecule has 0 aliphatic heterocycles. The van der Waals surface area contributed by atoms with Gasteiger partial charge in [-0.15, -0.1) is 0 Å². The average molecular weight is 873 g/mol. The summed E-state index contributed by atoms with van der Waals surface area (Å²) in [6.45, 7) is 0. The number of rotatable bonds is 0. The second-order valence-electron chi connectivity index (χ2n) is 1.22. The van der Waals surface area contributed by atoms with Gasteiger partial charge in [-0.3, -0.25) is 0 Å². The van der Waals surface area contributed by atoms with Crippen molar-refractivity contribution in [3.8, 4) is 0 Å². The van der Waals surface area contributed by atoms with Crippen molar-refractivity contribution >= 4 is 9.90 Å². The molecule has 12 nitrogen and oxygen atoms in total. The molecule has 0 aromatic heterocycles. The molecule has 0 bridgehead atoms. The van der Waals surface area contributed by atoms with Gasteiger partial charge in [0.1, 0.15) is 0 Å². The van der Waals surface area contributed by atoms with Crippen LogP contribution in [0.3, 0.4) is 0 Å². The van der Waals surface area contributed by atoms with E-state index in [-0.39, 0.29) is 31.0 Å². The second kappa shape index (κ2) is 12.8. The van der Waals surface area contributed by atoms with E-state index >= 15 is 0 Å². The normalized spacial score (nSPS) is 10.2. The Balaban J connectivity index is -0.0000000400. The maximum absolute atomic E-state index is 8.65. The molecule has 0 rings (SSSR count). The fraction of sp³-hybridized carbons (Fsp3) is 0. The molecule has 17 heavy (non-hydrogen) atoms. The SMILES string of the molecule is P.[Mo].[O]=[W](=[O])([O-])[O-].[O]=[W](=[O])([O-])[O-].[O]=[W](=[O])([O-])[O-]. The molecule has 0 radical (unpaired) electrons. The van der Waals surface area contributed by atoms with Gasteiger partial charge in [-0.1, -0.05) is 0 Å². The van der Waals surface area contributed by atoms with E-state index in [1.807, 2.05) is 0 Å². The molecule has 0 spiro atoms. The van der Waals surface area contributed by atoms with Crippen molar-refractivity contribution in [3.05, 3.63) is 0 Å². The number of hydrogen-bond acceptors (Lipinski definition) is 12. The van der Waals surface area contributed by atoms with Crippen LogP contribution in [0, 0.1) is 0 Å². The maximum atomic E-state index is 8.65. The molecule has 17 heteroatoms. The van der Waals surface area contributed by atoms with Crippen molar-refractivity contribution in [2.75, 3.05) is 0 Å². The monoisotopic (exact) mass is 876 g/mol. The molecule has 0 aliphatic carbocycles. The van der Waals surface area contributed by atoms with E-state index in [1.54, 1.807) is 0 Å². The third-order valence-electron chi connectivity index (χ3n) is 0. The summed E-state index contributed by atoms with van der Waals surface area (Å²) in [4.78, 5) is 0. The van der Waals surface area contributed by atoms with Crippen LogP contribution in [0.4, 0.5) is 0 Å². The summed E-state index contributed by atoms with van der Waals surface area (Å²) in [7, 11) is 0. The van der Waals surface area contributed by atoms with Gasteiger partial charge < -0.3 is 0 Å².